The van der Waals surface area contributed by atoms with Crippen molar-refractivity contribution in [2.24, 2.45) is 17.8 Å². The first-order chi connectivity index (χ1) is 18.8. The van der Waals surface area contributed by atoms with Crippen molar-refractivity contribution in [1.29, 1.82) is 0 Å². The van der Waals surface area contributed by atoms with E-state index in [1.54, 1.807) is 11.8 Å². The van der Waals surface area contributed by atoms with E-state index in [9.17, 15) is 24.9 Å². The molecule has 1 aliphatic carbocycles. The summed E-state index contributed by atoms with van der Waals surface area (Å²) in [5.74, 6) is 0.625. The maximum absolute atomic E-state index is 13.6. The van der Waals surface area contributed by atoms with E-state index in [0.717, 1.165) is 18.5 Å². The molecule has 1 aromatic carbocycles. The summed E-state index contributed by atoms with van der Waals surface area (Å²) >= 11 is 0. The molecule has 3 aliphatic rings. The number of carbonyl (C=O) groups is 2. The lowest BCUT2D eigenvalue weighted by atomic mass is 9.72. The number of aliphatic hydroxyl groups excluding tert-OH is 2. The normalized spacial score (nSPS) is 30.0. The van der Waals surface area contributed by atoms with Gasteiger partial charge >= 0.3 is 0 Å². The fourth-order valence-electron chi connectivity index (χ4n) is 7.24. The van der Waals surface area contributed by atoms with Crippen LogP contribution in [-0.4, -0.2) is 92.5 Å². The minimum atomic E-state index is -1.33. The molecule has 0 aromatic heterocycles. The third kappa shape index (κ3) is 8.05. The van der Waals surface area contributed by atoms with E-state index in [1.165, 1.54) is 25.7 Å². The van der Waals surface area contributed by atoms with Gasteiger partial charge in [-0.2, -0.15) is 0 Å². The Labute approximate surface area is 240 Å². The predicted molar refractivity (Wildman–Crippen MR) is 155 cm³/mol. The van der Waals surface area contributed by atoms with Crippen LogP contribution in [0.25, 0.3) is 0 Å². The van der Waals surface area contributed by atoms with Crippen LogP contribution in [0.1, 0.15) is 78.2 Å². The highest BCUT2D eigenvalue weighted by Crippen LogP contribution is 2.39. The molecule has 4 rings (SSSR count). The molecule has 4 unspecified atom stereocenters. The lowest BCUT2D eigenvalue weighted by Gasteiger charge is -2.46. The van der Waals surface area contributed by atoms with E-state index in [0.29, 0.717) is 31.2 Å². The van der Waals surface area contributed by atoms with Gasteiger partial charge in [-0.1, -0.05) is 49.6 Å². The first-order valence-corrected chi connectivity index (χ1v) is 15.3. The molecule has 3 fully saturated rings. The van der Waals surface area contributed by atoms with Gasteiger partial charge in [-0.05, 0) is 77.2 Å². The molecule has 0 spiro atoms. The van der Waals surface area contributed by atoms with Crippen LogP contribution in [0.2, 0.25) is 0 Å². The Morgan fingerprint density at radius 3 is 2.38 bits per heavy atom. The van der Waals surface area contributed by atoms with Crippen LogP contribution in [0, 0.1) is 17.8 Å². The van der Waals surface area contributed by atoms with Crippen LogP contribution >= 0.6 is 0 Å². The summed E-state index contributed by atoms with van der Waals surface area (Å²) in [4.78, 5) is 30.9. The number of likely N-dealkylation sites (tertiary alicyclic amines) is 2. The maximum atomic E-state index is 13.6. The molecule has 40 heavy (non-hydrogen) atoms. The van der Waals surface area contributed by atoms with Crippen molar-refractivity contribution >= 4 is 11.8 Å². The SMILES string of the molecule is CC(O)(CO)CC1C[C@H](Cc2ccccc2)N(CC(O)CN2C[C@H]3CCCC[C@H]3CC2C(=O)NC(C)(C)C)C1=O. The predicted octanol–water partition coefficient (Wildman–Crippen LogP) is 2.74. The average molecular weight is 558 g/mol. The second-order valence-electron chi connectivity index (χ2n) is 14.0. The van der Waals surface area contributed by atoms with Gasteiger partial charge in [-0.3, -0.25) is 14.5 Å². The number of amides is 2. The summed E-state index contributed by atoms with van der Waals surface area (Å²) in [5, 5.41) is 34.7. The van der Waals surface area contributed by atoms with Crippen LogP contribution in [0.5, 0.6) is 0 Å². The number of benzene rings is 1. The number of piperidine rings is 1. The number of fused-ring (bicyclic) bond motifs is 1. The first-order valence-electron chi connectivity index (χ1n) is 15.3. The van der Waals surface area contributed by atoms with Crippen molar-refractivity contribution in [3.63, 3.8) is 0 Å². The summed E-state index contributed by atoms with van der Waals surface area (Å²) in [6.45, 7) is 8.46. The molecule has 2 saturated heterocycles. The smallest absolute Gasteiger partial charge is 0.237 e. The summed E-state index contributed by atoms with van der Waals surface area (Å²) in [5.41, 5.74) is -0.542. The summed E-state index contributed by atoms with van der Waals surface area (Å²) in [6.07, 6.45) is 6.22. The Kier molecular flexibility index (Phi) is 9.97. The number of β-amino-alcohol motifs (C(OH)–C–C–N with tert-alkyl or cyclic N) is 1. The molecule has 224 valence electrons. The fourth-order valence-corrected chi connectivity index (χ4v) is 7.24. The molecule has 1 saturated carbocycles. The summed E-state index contributed by atoms with van der Waals surface area (Å²) < 4.78 is 0. The molecule has 8 nitrogen and oxygen atoms in total. The van der Waals surface area contributed by atoms with E-state index in [4.69, 9.17) is 0 Å². The van der Waals surface area contributed by atoms with Crippen LogP contribution in [0.3, 0.4) is 0 Å². The lowest BCUT2D eigenvalue weighted by Crippen LogP contribution is -2.59. The average Bonchev–Trinajstić information content (AvgIpc) is 3.16. The second kappa shape index (κ2) is 12.9. The zero-order valence-corrected chi connectivity index (χ0v) is 24.9. The zero-order chi connectivity index (χ0) is 29.1. The van der Waals surface area contributed by atoms with Crippen molar-refractivity contribution < 1.29 is 24.9 Å². The van der Waals surface area contributed by atoms with Crippen LogP contribution in [-0.2, 0) is 16.0 Å². The maximum Gasteiger partial charge on any atom is 0.237 e. The first kappa shape index (κ1) is 30.9. The van der Waals surface area contributed by atoms with Crippen molar-refractivity contribution in [1.82, 2.24) is 15.1 Å². The number of aliphatic hydroxyl groups is 3. The molecule has 2 aliphatic heterocycles. The number of carbonyl (C=O) groups excluding carboxylic acids is 2. The molecule has 8 heteroatoms. The van der Waals surface area contributed by atoms with Gasteiger partial charge < -0.3 is 25.5 Å². The Morgan fingerprint density at radius 2 is 1.73 bits per heavy atom. The van der Waals surface area contributed by atoms with Crippen LogP contribution in [0.4, 0.5) is 0 Å². The van der Waals surface area contributed by atoms with Gasteiger partial charge in [-0.15, -0.1) is 0 Å². The minimum absolute atomic E-state index is 0.0224. The number of rotatable bonds is 10. The van der Waals surface area contributed by atoms with Gasteiger partial charge in [0.2, 0.25) is 11.8 Å². The largest absolute Gasteiger partial charge is 0.393 e. The third-order valence-corrected chi connectivity index (χ3v) is 9.13. The van der Waals surface area contributed by atoms with E-state index < -0.39 is 24.2 Å². The van der Waals surface area contributed by atoms with Crippen LogP contribution < -0.4 is 5.32 Å². The summed E-state index contributed by atoms with van der Waals surface area (Å²) in [6, 6.07) is 9.64. The number of nitrogens with zero attached hydrogens (tertiary/aromatic N) is 2. The Morgan fingerprint density at radius 1 is 1.05 bits per heavy atom. The molecule has 2 heterocycles. The zero-order valence-electron chi connectivity index (χ0n) is 24.9. The molecular formula is C32H51N3O5. The highest BCUT2D eigenvalue weighted by atomic mass is 16.3. The topological polar surface area (TPSA) is 113 Å². The van der Waals surface area contributed by atoms with Gasteiger partial charge in [0, 0.05) is 37.1 Å². The van der Waals surface area contributed by atoms with Crippen LogP contribution in [0.15, 0.2) is 30.3 Å². The fraction of sp³-hybridized carbons (Fsp3) is 0.750. The summed E-state index contributed by atoms with van der Waals surface area (Å²) in [7, 11) is 0. The van der Waals surface area contributed by atoms with E-state index in [1.807, 2.05) is 51.1 Å². The molecule has 2 amide bonds. The van der Waals surface area contributed by atoms with E-state index in [2.05, 4.69) is 10.2 Å². The van der Waals surface area contributed by atoms with Crippen molar-refractivity contribution in [2.75, 3.05) is 26.2 Å². The van der Waals surface area contributed by atoms with Gasteiger partial charge in [0.25, 0.3) is 0 Å². The van der Waals surface area contributed by atoms with Crippen molar-refractivity contribution in [3.05, 3.63) is 35.9 Å². The van der Waals surface area contributed by atoms with Gasteiger partial charge in [-0.25, -0.2) is 0 Å². The minimum Gasteiger partial charge on any atom is -0.393 e. The highest BCUT2D eigenvalue weighted by molar-refractivity contribution is 5.83. The Balaban J connectivity index is 1.48. The number of hydrogen-bond acceptors (Lipinski definition) is 6. The molecular weight excluding hydrogens is 506 g/mol. The van der Waals surface area contributed by atoms with Gasteiger partial charge in [0.15, 0.2) is 0 Å². The van der Waals surface area contributed by atoms with Gasteiger partial charge in [0.05, 0.1) is 24.4 Å². The van der Waals surface area contributed by atoms with E-state index in [-0.39, 0.29) is 42.4 Å². The van der Waals surface area contributed by atoms with Gasteiger partial charge in [0.1, 0.15) is 0 Å². The molecule has 0 bridgehead atoms. The number of nitrogens with one attached hydrogen (secondary N) is 1. The monoisotopic (exact) mass is 557 g/mol. The van der Waals surface area contributed by atoms with E-state index >= 15 is 0 Å². The molecule has 7 atom stereocenters. The Bertz CT molecular complexity index is 994. The third-order valence-electron chi connectivity index (χ3n) is 9.13. The lowest BCUT2D eigenvalue weighted by molar-refractivity contribution is -0.137. The number of hydrogen-bond donors (Lipinski definition) is 4. The Hall–Kier alpha value is -2.00. The van der Waals surface area contributed by atoms with Crippen molar-refractivity contribution in [3.8, 4) is 0 Å². The second-order valence-corrected chi connectivity index (χ2v) is 14.0. The quantitative estimate of drug-likeness (QED) is 0.352. The molecule has 0 radical (unpaired) electrons. The molecule has 1 aromatic rings. The standard InChI is InChI=1S/C32H51N3O5/c1-31(2,3)33-29(38)28-16-23-12-8-9-13-24(23)18-34(28)19-27(37)20-35-26(14-22-10-6-5-7-11-22)15-25(30(35)39)17-32(4,40)21-36/h5-7,10-11,23-28,36-37,40H,8-9,12-21H2,1-4H3,(H,33,38)/t23-,24+,25?,26-,27?,28?,32?/m0/s1. The molecule has 4 N–H and O–H groups in total. The highest BCUT2D eigenvalue weighted by Gasteiger charge is 2.44. The van der Waals surface area contributed by atoms with Crippen molar-refractivity contribution in [2.45, 2.75) is 108 Å².